The van der Waals surface area contributed by atoms with Gasteiger partial charge in [-0.2, -0.15) is 0 Å². The van der Waals surface area contributed by atoms with Gasteiger partial charge in [-0.05, 0) is 0 Å². The number of nitrogen functional groups attached to an aromatic ring is 1. The number of carbonyl (C=O) groups excluding carboxylic acids is 3. The summed E-state index contributed by atoms with van der Waals surface area (Å²) < 4.78 is 4.67. The molecule has 1 unspecified atom stereocenters. The molecule has 1 aromatic heterocycles. The molecule has 0 bridgehead atoms. The van der Waals surface area contributed by atoms with Crippen molar-refractivity contribution in [2.45, 2.75) is 11.4 Å². The topological polar surface area (TPSA) is 200 Å². The summed E-state index contributed by atoms with van der Waals surface area (Å²) in [5.74, 6) is -2.60. The van der Waals surface area contributed by atoms with Crippen molar-refractivity contribution in [2.75, 3.05) is 24.7 Å². The highest BCUT2D eigenvalue weighted by atomic mass is 32.2. The van der Waals surface area contributed by atoms with Crippen LogP contribution in [0.15, 0.2) is 34.5 Å². The van der Waals surface area contributed by atoms with Crippen molar-refractivity contribution in [3.8, 4) is 0 Å². The van der Waals surface area contributed by atoms with Gasteiger partial charge < -0.3 is 31.5 Å². The molecule has 3 heterocycles. The highest BCUT2D eigenvalue weighted by Gasteiger charge is 2.54. The Morgan fingerprint density at radius 3 is 2.81 bits per heavy atom. The first-order valence-corrected chi connectivity index (χ1v) is 10.8. The molecule has 1 saturated heterocycles. The van der Waals surface area contributed by atoms with E-state index in [-0.39, 0.29) is 46.8 Å². The second-order valence-electron chi connectivity index (χ2n) is 6.32. The van der Waals surface area contributed by atoms with Crippen molar-refractivity contribution in [3.63, 3.8) is 0 Å². The molecule has 3 rings (SSSR count). The van der Waals surface area contributed by atoms with Gasteiger partial charge in [-0.25, -0.2) is 14.6 Å². The molecule has 2 atom stereocenters. The van der Waals surface area contributed by atoms with E-state index in [4.69, 9.17) is 16.3 Å². The molecule has 2 aliphatic heterocycles. The van der Waals surface area contributed by atoms with Crippen LogP contribution in [0.4, 0.5) is 9.93 Å². The van der Waals surface area contributed by atoms with Crippen molar-refractivity contribution in [1.82, 2.24) is 15.2 Å². The predicted molar refractivity (Wildman–Crippen MR) is 114 cm³/mol. The molecule has 0 saturated carbocycles. The van der Waals surface area contributed by atoms with E-state index in [1.165, 1.54) is 23.2 Å². The molecular weight excluding hydrogens is 464 g/mol. The van der Waals surface area contributed by atoms with Gasteiger partial charge >= 0.3 is 12.1 Å². The summed E-state index contributed by atoms with van der Waals surface area (Å²) in [7, 11) is 0. The van der Waals surface area contributed by atoms with Gasteiger partial charge in [-0.1, -0.05) is 17.8 Å². The predicted octanol–water partition coefficient (Wildman–Crippen LogP) is -0.534. The largest absolute Gasteiger partial charge is 0.477 e. The van der Waals surface area contributed by atoms with E-state index < -0.39 is 35.3 Å². The molecule has 15 heteroatoms. The fraction of sp³-hybridized carbons (Fsp3) is 0.294. The number of aromatic nitrogens is 1. The number of carbonyl (C=O) groups is 4. The molecule has 0 aliphatic carbocycles. The average Bonchev–Trinajstić information content (AvgIpc) is 3.18. The fourth-order valence-corrected chi connectivity index (χ4v) is 4.79. The van der Waals surface area contributed by atoms with Gasteiger partial charge in [0.1, 0.15) is 36.0 Å². The number of rotatable bonds is 9. The van der Waals surface area contributed by atoms with E-state index in [0.29, 0.717) is 0 Å². The summed E-state index contributed by atoms with van der Waals surface area (Å²) in [5, 5.41) is 16.9. The molecule has 2 aliphatic rings. The number of nitrogens with two attached hydrogens (primary N) is 2. The lowest BCUT2D eigenvalue weighted by Crippen LogP contribution is -2.71. The van der Waals surface area contributed by atoms with Crippen molar-refractivity contribution in [3.05, 3.63) is 35.0 Å². The zero-order valence-corrected chi connectivity index (χ0v) is 18.0. The Labute approximate surface area is 189 Å². The number of primary amides is 1. The first-order chi connectivity index (χ1) is 15.2. The maximum Gasteiger partial charge on any atom is 0.404 e. The van der Waals surface area contributed by atoms with Gasteiger partial charge in [-0.15, -0.1) is 23.1 Å². The standard InChI is InChI=1S/C17H18N6O7S2/c1-2-3-30-22-9(8-6-32-16(18)20-8)12(24)21-10-13(25)23-11(15(26)27)7(4-29-17(19)28)5-31-14(10)23/h2,6,10,14H,1,3-5H2,(H2,18,20)(H2,19,28)(H,21,24)(H,26,27)/t10?,14-/m0/s1. The summed E-state index contributed by atoms with van der Waals surface area (Å²) in [6.45, 7) is 3.16. The number of fused-ring (bicyclic) bond motifs is 1. The number of nitrogens with zero attached hydrogens (tertiary/aromatic N) is 3. The third kappa shape index (κ3) is 4.67. The van der Waals surface area contributed by atoms with Gasteiger partial charge in [0.05, 0.1) is 0 Å². The minimum Gasteiger partial charge on any atom is -0.477 e. The highest BCUT2D eigenvalue weighted by molar-refractivity contribution is 8.00. The van der Waals surface area contributed by atoms with Crippen LogP contribution >= 0.6 is 23.1 Å². The third-order valence-electron chi connectivity index (χ3n) is 4.25. The van der Waals surface area contributed by atoms with Crippen LogP contribution in [0, 0.1) is 0 Å². The van der Waals surface area contributed by atoms with E-state index in [1.54, 1.807) is 0 Å². The summed E-state index contributed by atoms with van der Waals surface area (Å²) in [4.78, 5) is 58.1. The minimum absolute atomic E-state index is 0.0356. The van der Waals surface area contributed by atoms with E-state index in [9.17, 15) is 24.3 Å². The highest BCUT2D eigenvalue weighted by Crippen LogP contribution is 2.40. The summed E-state index contributed by atoms with van der Waals surface area (Å²) >= 11 is 2.29. The molecule has 170 valence electrons. The Morgan fingerprint density at radius 2 is 2.22 bits per heavy atom. The molecule has 1 aromatic rings. The average molecular weight is 483 g/mol. The second-order valence-corrected chi connectivity index (χ2v) is 8.32. The van der Waals surface area contributed by atoms with Gasteiger partial charge in [0.15, 0.2) is 10.8 Å². The molecule has 1 fully saturated rings. The Bertz CT molecular complexity index is 1040. The number of thiazole rings is 1. The van der Waals surface area contributed by atoms with Crippen molar-refractivity contribution < 1.29 is 33.9 Å². The van der Waals surface area contributed by atoms with Gasteiger partial charge in [0.25, 0.3) is 11.8 Å². The molecule has 6 N–H and O–H groups in total. The molecule has 32 heavy (non-hydrogen) atoms. The second kappa shape index (κ2) is 9.69. The van der Waals surface area contributed by atoms with E-state index in [0.717, 1.165) is 16.2 Å². The Hall–Kier alpha value is -3.59. The first kappa shape index (κ1) is 23.1. The quantitative estimate of drug-likeness (QED) is 0.116. The van der Waals surface area contributed by atoms with Crippen LogP contribution in [-0.4, -0.2) is 75.0 Å². The Kier molecular flexibility index (Phi) is 6.99. The molecule has 0 aromatic carbocycles. The number of carboxylic acid groups (broad SMARTS) is 1. The van der Waals surface area contributed by atoms with Gasteiger partial charge in [-0.3, -0.25) is 14.5 Å². The molecule has 3 amide bonds. The van der Waals surface area contributed by atoms with Gasteiger partial charge in [0.2, 0.25) is 0 Å². The zero-order chi connectivity index (χ0) is 23.4. The minimum atomic E-state index is -1.37. The van der Waals surface area contributed by atoms with Crippen LogP contribution in [0.25, 0.3) is 0 Å². The Morgan fingerprint density at radius 1 is 1.47 bits per heavy atom. The molecule has 13 nitrogen and oxygen atoms in total. The fourth-order valence-electron chi connectivity index (χ4n) is 2.92. The van der Waals surface area contributed by atoms with Crippen LogP contribution in [-0.2, 0) is 24.0 Å². The number of ether oxygens (including phenoxy) is 1. The van der Waals surface area contributed by atoms with E-state index in [2.05, 4.69) is 26.8 Å². The van der Waals surface area contributed by atoms with Crippen LogP contribution in [0.5, 0.6) is 0 Å². The number of hydrogen-bond donors (Lipinski definition) is 4. The lowest BCUT2D eigenvalue weighted by atomic mass is 10.0. The number of thioether (sulfide) groups is 1. The van der Waals surface area contributed by atoms with Crippen molar-refractivity contribution in [1.29, 1.82) is 0 Å². The Balaban J connectivity index is 1.78. The maximum atomic E-state index is 12.8. The summed E-state index contributed by atoms with van der Waals surface area (Å²) in [6.07, 6.45) is 0.363. The molecule has 0 spiro atoms. The van der Waals surface area contributed by atoms with Crippen LogP contribution < -0.4 is 16.8 Å². The number of oxime groups is 1. The number of nitrogens with one attached hydrogen (secondary N) is 1. The van der Waals surface area contributed by atoms with E-state index >= 15 is 0 Å². The van der Waals surface area contributed by atoms with E-state index in [1.807, 2.05) is 0 Å². The monoisotopic (exact) mass is 482 g/mol. The number of aliphatic carboxylic acids is 1. The maximum absolute atomic E-state index is 12.8. The SMILES string of the molecule is C=CCON=C(C(=O)NC1C(=O)N2C(C(=O)O)=C(COC(N)=O)CS[C@@H]12)c1csc(N)n1. The van der Waals surface area contributed by atoms with Gasteiger partial charge in [0, 0.05) is 16.7 Å². The van der Waals surface area contributed by atoms with Crippen LogP contribution in [0.2, 0.25) is 0 Å². The lowest BCUT2D eigenvalue weighted by Gasteiger charge is -2.49. The lowest BCUT2D eigenvalue weighted by molar-refractivity contribution is -0.150. The molecular formula is C17H18N6O7S2. The van der Waals surface area contributed by atoms with Crippen LogP contribution in [0.3, 0.4) is 0 Å². The van der Waals surface area contributed by atoms with Crippen LogP contribution in [0.1, 0.15) is 5.69 Å². The normalized spacial score (nSPS) is 20.2. The number of amides is 3. The van der Waals surface area contributed by atoms with Crippen molar-refractivity contribution in [2.24, 2.45) is 10.9 Å². The number of hydrogen-bond acceptors (Lipinski definition) is 11. The summed E-state index contributed by atoms with van der Waals surface area (Å²) in [6, 6.07) is -1.01. The first-order valence-electron chi connectivity index (χ1n) is 8.89. The van der Waals surface area contributed by atoms with Crippen molar-refractivity contribution >= 4 is 57.8 Å². The molecule has 0 radical (unpaired) electrons. The number of carboxylic acids is 1. The number of anilines is 1. The number of β-lactam (4-membered cyclic amide) rings is 1. The zero-order valence-electron chi connectivity index (χ0n) is 16.3. The summed E-state index contributed by atoms with van der Waals surface area (Å²) in [5.41, 5.74) is 10.4. The smallest absolute Gasteiger partial charge is 0.404 e. The third-order valence-corrected chi connectivity index (χ3v) is 6.27.